The molecule has 0 atom stereocenters. The van der Waals surface area contributed by atoms with Gasteiger partial charge in [0.25, 0.3) is 11.1 Å². The smallest absolute Gasteiger partial charge is 0.387 e. The lowest BCUT2D eigenvalue weighted by molar-refractivity contribution is -0.127. The van der Waals surface area contributed by atoms with Crippen LogP contribution in [-0.4, -0.2) is 42.2 Å². The third kappa shape index (κ3) is 5.25. The first-order chi connectivity index (χ1) is 15.2. The number of alkyl halides is 2. The Hall–Kier alpha value is -3.40. The first-order valence-electron chi connectivity index (χ1n) is 9.44. The molecule has 0 saturated carbocycles. The van der Waals surface area contributed by atoms with Gasteiger partial charge in [0.1, 0.15) is 6.54 Å². The SMILES string of the molecule is COc1cc(/C=C2\SC(=O)N(CC(=O)Nc3c(C)cccc3C)C2=O)ccc1OC(F)F. The van der Waals surface area contributed by atoms with Crippen LogP contribution in [0.2, 0.25) is 0 Å². The van der Waals surface area contributed by atoms with Gasteiger partial charge in [-0.25, -0.2) is 0 Å². The van der Waals surface area contributed by atoms with Crippen molar-refractivity contribution in [1.82, 2.24) is 4.90 Å². The van der Waals surface area contributed by atoms with Crippen LogP contribution < -0.4 is 14.8 Å². The van der Waals surface area contributed by atoms with E-state index in [1.807, 2.05) is 32.0 Å². The van der Waals surface area contributed by atoms with E-state index in [9.17, 15) is 23.2 Å². The highest BCUT2D eigenvalue weighted by molar-refractivity contribution is 8.18. The summed E-state index contributed by atoms with van der Waals surface area (Å²) >= 11 is 0.686. The van der Waals surface area contributed by atoms with E-state index < -0.39 is 30.2 Å². The summed E-state index contributed by atoms with van der Waals surface area (Å²) in [5.74, 6) is -1.23. The summed E-state index contributed by atoms with van der Waals surface area (Å²) in [5, 5.41) is 2.16. The Labute approximate surface area is 187 Å². The Kier molecular flexibility index (Phi) is 7.14. The molecule has 1 N–H and O–H groups in total. The van der Waals surface area contributed by atoms with Crippen LogP contribution >= 0.6 is 11.8 Å². The molecule has 3 amide bonds. The highest BCUT2D eigenvalue weighted by atomic mass is 32.2. The minimum Gasteiger partial charge on any atom is -0.493 e. The number of halogens is 2. The Morgan fingerprint density at radius 2 is 1.84 bits per heavy atom. The Balaban J connectivity index is 1.74. The van der Waals surface area contributed by atoms with E-state index >= 15 is 0 Å². The molecule has 0 unspecified atom stereocenters. The maximum atomic E-state index is 12.7. The van der Waals surface area contributed by atoms with Crippen molar-refractivity contribution in [3.8, 4) is 11.5 Å². The molecule has 2 aromatic carbocycles. The first-order valence-corrected chi connectivity index (χ1v) is 10.3. The molecule has 10 heteroatoms. The highest BCUT2D eigenvalue weighted by Gasteiger charge is 2.36. The average Bonchev–Trinajstić information content (AvgIpc) is 2.99. The van der Waals surface area contributed by atoms with Crippen LogP contribution in [0.15, 0.2) is 41.3 Å². The topological polar surface area (TPSA) is 84.9 Å². The fourth-order valence-corrected chi connectivity index (χ4v) is 3.93. The molecule has 32 heavy (non-hydrogen) atoms. The van der Waals surface area contributed by atoms with Gasteiger partial charge in [-0.05, 0) is 60.5 Å². The summed E-state index contributed by atoms with van der Waals surface area (Å²) in [6.45, 7) is 0.246. The van der Waals surface area contributed by atoms with Crippen molar-refractivity contribution < 1.29 is 32.6 Å². The van der Waals surface area contributed by atoms with Crippen LogP contribution in [0.4, 0.5) is 19.3 Å². The van der Waals surface area contributed by atoms with Gasteiger partial charge >= 0.3 is 6.61 Å². The van der Waals surface area contributed by atoms with Crippen LogP contribution in [0.1, 0.15) is 16.7 Å². The number of carbonyl (C=O) groups is 3. The van der Waals surface area contributed by atoms with Crippen molar-refractivity contribution in [2.45, 2.75) is 20.5 Å². The van der Waals surface area contributed by atoms with Gasteiger partial charge in [0.15, 0.2) is 11.5 Å². The van der Waals surface area contributed by atoms with Gasteiger partial charge in [0.2, 0.25) is 5.91 Å². The summed E-state index contributed by atoms with van der Waals surface area (Å²) in [6, 6.07) is 9.68. The van der Waals surface area contributed by atoms with Gasteiger partial charge < -0.3 is 14.8 Å². The quantitative estimate of drug-likeness (QED) is 0.606. The second kappa shape index (κ2) is 9.82. The number of anilines is 1. The molecule has 1 aliphatic heterocycles. The fraction of sp³-hybridized carbons (Fsp3) is 0.227. The number of rotatable bonds is 7. The molecule has 0 spiro atoms. The zero-order chi connectivity index (χ0) is 23.4. The number of thioether (sulfide) groups is 1. The van der Waals surface area contributed by atoms with Crippen molar-refractivity contribution in [2.24, 2.45) is 0 Å². The lowest BCUT2D eigenvalue weighted by Gasteiger charge is -2.15. The van der Waals surface area contributed by atoms with Crippen LogP contribution in [0, 0.1) is 13.8 Å². The summed E-state index contributed by atoms with van der Waals surface area (Å²) in [7, 11) is 1.29. The van der Waals surface area contributed by atoms with Crippen molar-refractivity contribution in [2.75, 3.05) is 19.0 Å². The van der Waals surface area contributed by atoms with E-state index in [0.717, 1.165) is 16.0 Å². The van der Waals surface area contributed by atoms with Crippen LogP contribution in [0.5, 0.6) is 11.5 Å². The average molecular weight is 462 g/mol. The Morgan fingerprint density at radius 3 is 2.47 bits per heavy atom. The van der Waals surface area contributed by atoms with Gasteiger partial charge in [-0.1, -0.05) is 24.3 Å². The molecule has 3 rings (SSSR count). The molecular weight excluding hydrogens is 442 g/mol. The zero-order valence-corrected chi connectivity index (χ0v) is 18.3. The normalized spacial score (nSPS) is 14.9. The van der Waals surface area contributed by atoms with Crippen LogP contribution in [0.3, 0.4) is 0 Å². The van der Waals surface area contributed by atoms with Crippen molar-refractivity contribution >= 4 is 40.6 Å². The third-order valence-electron chi connectivity index (χ3n) is 4.62. The maximum Gasteiger partial charge on any atom is 0.387 e. The Morgan fingerprint density at radius 1 is 1.16 bits per heavy atom. The molecule has 1 fully saturated rings. The van der Waals surface area contributed by atoms with Gasteiger partial charge in [0, 0.05) is 5.69 Å². The largest absolute Gasteiger partial charge is 0.493 e. The summed E-state index contributed by atoms with van der Waals surface area (Å²) in [4.78, 5) is 38.4. The number of benzene rings is 2. The second-order valence-corrected chi connectivity index (χ2v) is 7.86. The predicted octanol–water partition coefficient (Wildman–Crippen LogP) is 4.59. The molecule has 1 saturated heterocycles. The van der Waals surface area contributed by atoms with Crippen molar-refractivity contribution in [1.29, 1.82) is 0 Å². The van der Waals surface area contributed by atoms with E-state index in [4.69, 9.17) is 4.74 Å². The second-order valence-electron chi connectivity index (χ2n) is 6.87. The molecule has 0 bridgehead atoms. The van der Waals surface area contributed by atoms with Gasteiger partial charge in [-0.15, -0.1) is 0 Å². The molecule has 1 aliphatic rings. The minimum absolute atomic E-state index is 0.0475. The third-order valence-corrected chi connectivity index (χ3v) is 5.53. The van der Waals surface area contributed by atoms with E-state index in [-0.39, 0.29) is 16.4 Å². The number of hydrogen-bond acceptors (Lipinski definition) is 6. The minimum atomic E-state index is -3.01. The highest BCUT2D eigenvalue weighted by Crippen LogP contribution is 2.35. The van der Waals surface area contributed by atoms with E-state index in [1.54, 1.807) is 0 Å². The molecule has 0 aromatic heterocycles. The predicted molar refractivity (Wildman–Crippen MR) is 117 cm³/mol. The first kappa shape index (κ1) is 23.3. The van der Waals surface area contributed by atoms with Crippen LogP contribution in [-0.2, 0) is 9.59 Å². The number of methoxy groups -OCH3 is 1. The number of para-hydroxylation sites is 1. The number of imide groups is 1. The maximum absolute atomic E-state index is 12.7. The summed E-state index contributed by atoms with van der Waals surface area (Å²) in [5.41, 5.74) is 2.80. The van der Waals surface area contributed by atoms with Gasteiger partial charge in [0.05, 0.1) is 12.0 Å². The number of hydrogen-bond donors (Lipinski definition) is 1. The molecule has 2 aromatic rings. The van der Waals surface area contributed by atoms with Crippen LogP contribution in [0.25, 0.3) is 6.08 Å². The molecule has 1 heterocycles. The molecule has 168 valence electrons. The molecule has 0 aliphatic carbocycles. The van der Waals surface area contributed by atoms with E-state index in [1.165, 1.54) is 31.4 Å². The summed E-state index contributed by atoms with van der Waals surface area (Å²) < 4.78 is 34.4. The number of aryl methyl sites for hydroxylation is 2. The lowest BCUT2D eigenvalue weighted by atomic mass is 10.1. The number of carbonyl (C=O) groups excluding carboxylic acids is 3. The Bertz CT molecular complexity index is 1080. The number of nitrogens with one attached hydrogen (secondary N) is 1. The molecular formula is C22H20F2N2O5S. The number of nitrogens with zero attached hydrogens (tertiary/aromatic N) is 1. The van der Waals surface area contributed by atoms with Crippen molar-refractivity contribution in [3.63, 3.8) is 0 Å². The van der Waals surface area contributed by atoms with E-state index in [0.29, 0.717) is 23.0 Å². The number of ether oxygens (including phenoxy) is 2. The lowest BCUT2D eigenvalue weighted by Crippen LogP contribution is -2.36. The van der Waals surface area contributed by atoms with Crippen molar-refractivity contribution in [3.05, 3.63) is 58.0 Å². The molecule has 0 radical (unpaired) electrons. The zero-order valence-electron chi connectivity index (χ0n) is 17.5. The van der Waals surface area contributed by atoms with Gasteiger partial charge in [-0.3, -0.25) is 19.3 Å². The number of amides is 3. The fourth-order valence-electron chi connectivity index (χ4n) is 3.09. The van der Waals surface area contributed by atoms with E-state index in [2.05, 4.69) is 10.1 Å². The standard InChI is InChI=1S/C22H20F2N2O5S/c1-12-5-4-6-13(2)19(12)25-18(27)11-26-20(28)17(32-22(26)29)10-14-7-8-15(31-21(23)24)16(9-14)30-3/h4-10,21H,11H2,1-3H3,(H,25,27)/b17-10-. The molecule has 7 nitrogen and oxygen atoms in total. The summed E-state index contributed by atoms with van der Waals surface area (Å²) in [6.07, 6.45) is 1.42. The van der Waals surface area contributed by atoms with Gasteiger partial charge in [-0.2, -0.15) is 8.78 Å². The monoisotopic (exact) mass is 462 g/mol.